The van der Waals surface area contributed by atoms with Crippen LogP contribution >= 0.6 is 0 Å². The van der Waals surface area contributed by atoms with Crippen molar-refractivity contribution in [3.05, 3.63) is 35.4 Å². The zero-order valence-electron chi connectivity index (χ0n) is 9.00. The standard InChI is InChI=1S/C11H12F2N2O/c1-7(2)11(16)15-14-6-8-4-3-5-9(12)10(8)13/h3-7H,1-2H3,(H,15,16)/b14-6+. The van der Waals surface area contributed by atoms with Gasteiger partial charge in [-0.1, -0.05) is 26.0 Å². The summed E-state index contributed by atoms with van der Waals surface area (Å²) < 4.78 is 25.9. The van der Waals surface area contributed by atoms with Crippen LogP contribution in [0.25, 0.3) is 0 Å². The highest BCUT2D eigenvalue weighted by Crippen LogP contribution is 2.08. The molecule has 1 rings (SSSR count). The van der Waals surface area contributed by atoms with Crippen molar-refractivity contribution in [1.82, 2.24) is 5.43 Å². The highest BCUT2D eigenvalue weighted by Gasteiger charge is 2.06. The first-order chi connectivity index (χ1) is 7.52. The average Bonchev–Trinajstić information content (AvgIpc) is 2.24. The summed E-state index contributed by atoms with van der Waals surface area (Å²) in [5, 5.41) is 3.53. The van der Waals surface area contributed by atoms with Crippen LogP contribution in [0.2, 0.25) is 0 Å². The number of hydrogen-bond donors (Lipinski definition) is 1. The van der Waals surface area contributed by atoms with Gasteiger partial charge < -0.3 is 0 Å². The third kappa shape index (κ3) is 3.12. The summed E-state index contributed by atoms with van der Waals surface area (Å²) in [6.07, 6.45) is 1.07. The Morgan fingerprint density at radius 1 is 1.44 bits per heavy atom. The maximum absolute atomic E-state index is 13.1. The van der Waals surface area contributed by atoms with Crippen molar-refractivity contribution in [2.45, 2.75) is 13.8 Å². The van der Waals surface area contributed by atoms with Gasteiger partial charge in [0.25, 0.3) is 0 Å². The number of carbonyl (C=O) groups is 1. The van der Waals surface area contributed by atoms with E-state index < -0.39 is 11.6 Å². The number of nitrogens with one attached hydrogen (secondary N) is 1. The molecule has 0 radical (unpaired) electrons. The van der Waals surface area contributed by atoms with Crippen LogP contribution in [0.4, 0.5) is 8.78 Å². The lowest BCUT2D eigenvalue weighted by Gasteiger charge is -2.01. The Morgan fingerprint density at radius 3 is 2.75 bits per heavy atom. The fraction of sp³-hybridized carbons (Fsp3) is 0.273. The second-order valence-electron chi connectivity index (χ2n) is 3.53. The van der Waals surface area contributed by atoms with Gasteiger partial charge in [-0.15, -0.1) is 0 Å². The Morgan fingerprint density at radius 2 is 2.12 bits per heavy atom. The molecular weight excluding hydrogens is 214 g/mol. The summed E-state index contributed by atoms with van der Waals surface area (Å²) in [6.45, 7) is 3.40. The molecule has 0 unspecified atom stereocenters. The quantitative estimate of drug-likeness (QED) is 0.622. The molecule has 0 aliphatic rings. The summed E-state index contributed by atoms with van der Waals surface area (Å²) in [5.74, 6) is -2.42. The van der Waals surface area contributed by atoms with E-state index in [-0.39, 0.29) is 17.4 Å². The summed E-state index contributed by atoms with van der Waals surface area (Å²) in [5.41, 5.74) is 2.21. The Balaban J connectivity index is 2.70. The smallest absolute Gasteiger partial charge is 0.242 e. The first-order valence-corrected chi connectivity index (χ1v) is 4.79. The first-order valence-electron chi connectivity index (χ1n) is 4.79. The van der Waals surface area contributed by atoms with Gasteiger partial charge in [0.2, 0.25) is 5.91 Å². The monoisotopic (exact) mass is 226 g/mol. The molecule has 1 aromatic carbocycles. The SMILES string of the molecule is CC(C)C(=O)N/N=C/c1cccc(F)c1F. The first kappa shape index (κ1) is 12.3. The molecule has 1 N–H and O–H groups in total. The van der Waals surface area contributed by atoms with Crippen molar-refractivity contribution in [2.75, 3.05) is 0 Å². The lowest BCUT2D eigenvalue weighted by Crippen LogP contribution is -2.22. The number of carbonyl (C=O) groups excluding carboxylic acids is 1. The molecule has 0 aromatic heterocycles. The van der Waals surface area contributed by atoms with Gasteiger partial charge in [-0.3, -0.25) is 4.79 Å². The van der Waals surface area contributed by atoms with E-state index in [0.717, 1.165) is 12.3 Å². The number of hydrazone groups is 1. The molecule has 0 bridgehead atoms. The van der Waals surface area contributed by atoms with Gasteiger partial charge in [-0.25, -0.2) is 14.2 Å². The predicted molar refractivity (Wildman–Crippen MR) is 56.9 cm³/mol. The summed E-state index contributed by atoms with van der Waals surface area (Å²) in [6, 6.07) is 3.74. The van der Waals surface area contributed by atoms with Crippen LogP contribution in [-0.4, -0.2) is 12.1 Å². The molecule has 0 fully saturated rings. The minimum absolute atomic E-state index is 0.0101. The van der Waals surface area contributed by atoms with Crippen LogP contribution in [0.5, 0.6) is 0 Å². The summed E-state index contributed by atoms with van der Waals surface area (Å²) >= 11 is 0. The number of benzene rings is 1. The number of halogens is 2. The second kappa shape index (κ2) is 5.34. The molecule has 86 valence electrons. The van der Waals surface area contributed by atoms with Gasteiger partial charge in [0.15, 0.2) is 11.6 Å². The summed E-state index contributed by atoms with van der Waals surface area (Å²) in [7, 11) is 0. The van der Waals surface area contributed by atoms with Gasteiger partial charge in [0, 0.05) is 11.5 Å². The third-order valence-corrected chi connectivity index (χ3v) is 1.88. The third-order valence-electron chi connectivity index (χ3n) is 1.88. The van der Waals surface area contributed by atoms with Gasteiger partial charge in [-0.05, 0) is 6.07 Å². The second-order valence-corrected chi connectivity index (χ2v) is 3.53. The largest absolute Gasteiger partial charge is 0.273 e. The van der Waals surface area contributed by atoms with E-state index in [0.29, 0.717) is 0 Å². The van der Waals surface area contributed by atoms with Gasteiger partial charge in [0.1, 0.15) is 0 Å². The van der Waals surface area contributed by atoms with Crippen molar-refractivity contribution in [3.8, 4) is 0 Å². The molecule has 1 aromatic rings. The van der Waals surface area contributed by atoms with Crippen LogP contribution < -0.4 is 5.43 Å². The molecule has 0 atom stereocenters. The van der Waals surface area contributed by atoms with E-state index in [2.05, 4.69) is 10.5 Å². The van der Waals surface area contributed by atoms with Gasteiger partial charge >= 0.3 is 0 Å². The Labute approximate surface area is 92.2 Å². The van der Waals surface area contributed by atoms with E-state index in [1.807, 2.05) is 0 Å². The molecule has 3 nitrogen and oxygen atoms in total. The normalized spacial score (nSPS) is 11.1. The van der Waals surface area contributed by atoms with Crippen molar-refractivity contribution < 1.29 is 13.6 Å². The molecule has 0 heterocycles. The lowest BCUT2D eigenvalue weighted by atomic mass is 10.2. The van der Waals surface area contributed by atoms with Crippen LogP contribution in [0.15, 0.2) is 23.3 Å². The van der Waals surface area contributed by atoms with E-state index >= 15 is 0 Å². The maximum Gasteiger partial charge on any atom is 0.242 e. The molecule has 0 spiro atoms. The van der Waals surface area contributed by atoms with E-state index in [9.17, 15) is 13.6 Å². The van der Waals surface area contributed by atoms with Crippen molar-refractivity contribution in [2.24, 2.45) is 11.0 Å². The number of nitrogens with zero attached hydrogens (tertiary/aromatic N) is 1. The highest BCUT2D eigenvalue weighted by atomic mass is 19.2. The Kier molecular flexibility index (Phi) is 4.10. The van der Waals surface area contributed by atoms with E-state index in [1.165, 1.54) is 12.1 Å². The van der Waals surface area contributed by atoms with Crippen molar-refractivity contribution >= 4 is 12.1 Å². The van der Waals surface area contributed by atoms with Crippen LogP contribution in [0.1, 0.15) is 19.4 Å². The highest BCUT2D eigenvalue weighted by molar-refractivity contribution is 5.83. The van der Waals surface area contributed by atoms with Crippen LogP contribution in [0, 0.1) is 17.6 Å². The van der Waals surface area contributed by atoms with Crippen LogP contribution in [0.3, 0.4) is 0 Å². The van der Waals surface area contributed by atoms with Crippen molar-refractivity contribution in [3.63, 3.8) is 0 Å². The number of hydrogen-bond acceptors (Lipinski definition) is 2. The number of rotatable bonds is 3. The topological polar surface area (TPSA) is 41.5 Å². The molecule has 0 saturated heterocycles. The predicted octanol–water partition coefficient (Wildman–Crippen LogP) is 2.07. The zero-order chi connectivity index (χ0) is 12.1. The van der Waals surface area contributed by atoms with Crippen molar-refractivity contribution in [1.29, 1.82) is 0 Å². The zero-order valence-corrected chi connectivity index (χ0v) is 9.00. The molecule has 5 heteroatoms. The Bertz CT molecular complexity index is 416. The fourth-order valence-electron chi connectivity index (χ4n) is 0.915. The fourth-order valence-corrected chi connectivity index (χ4v) is 0.915. The minimum atomic E-state index is -0.981. The van der Waals surface area contributed by atoms with E-state index in [1.54, 1.807) is 13.8 Å². The minimum Gasteiger partial charge on any atom is -0.273 e. The van der Waals surface area contributed by atoms with E-state index in [4.69, 9.17) is 0 Å². The average molecular weight is 226 g/mol. The summed E-state index contributed by atoms with van der Waals surface area (Å²) in [4.78, 5) is 11.1. The van der Waals surface area contributed by atoms with Gasteiger partial charge in [0.05, 0.1) is 6.21 Å². The van der Waals surface area contributed by atoms with Crippen LogP contribution in [-0.2, 0) is 4.79 Å². The number of amides is 1. The van der Waals surface area contributed by atoms with Gasteiger partial charge in [-0.2, -0.15) is 5.10 Å². The molecule has 0 aliphatic heterocycles. The lowest BCUT2D eigenvalue weighted by molar-refractivity contribution is -0.123. The molecule has 16 heavy (non-hydrogen) atoms. The molecule has 0 saturated carbocycles. The molecule has 0 aliphatic carbocycles. The molecule has 1 amide bonds. The maximum atomic E-state index is 13.1. The molecular formula is C11H12F2N2O. The Hall–Kier alpha value is -1.78.